The second-order valence-electron chi connectivity index (χ2n) is 8.29. The number of nitrogens with one attached hydrogen (secondary N) is 1. The number of sulfonamides is 1. The molecule has 0 saturated carbocycles. The van der Waals surface area contributed by atoms with E-state index in [9.17, 15) is 17.6 Å². The highest BCUT2D eigenvalue weighted by molar-refractivity contribution is 7.92. The van der Waals surface area contributed by atoms with Crippen molar-refractivity contribution in [2.24, 2.45) is 0 Å². The molecule has 1 aliphatic rings. The van der Waals surface area contributed by atoms with Crippen molar-refractivity contribution >= 4 is 21.6 Å². The first kappa shape index (κ1) is 24.7. The molecule has 0 bridgehead atoms. The van der Waals surface area contributed by atoms with E-state index in [2.05, 4.69) is 4.72 Å². The Kier molecular flexibility index (Phi) is 7.67. The van der Waals surface area contributed by atoms with Gasteiger partial charge in [-0.3, -0.25) is 9.52 Å². The molecular weight excluding hydrogens is 471 g/mol. The van der Waals surface area contributed by atoms with E-state index in [1.807, 2.05) is 24.3 Å². The van der Waals surface area contributed by atoms with Gasteiger partial charge in [0.05, 0.1) is 23.8 Å². The second-order valence-corrected chi connectivity index (χ2v) is 9.97. The predicted molar refractivity (Wildman–Crippen MR) is 130 cm³/mol. The number of amides is 1. The van der Waals surface area contributed by atoms with Crippen LogP contribution in [0, 0.1) is 5.82 Å². The number of ether oxygens (including phenoxy) is 2. The molecular formula is C26H27FN2O5S. The molecule has 184 valence electrons. The first-order chi connectivity index (χ1) is 16.9. The van der Waals surface area contributed by atoms with E-state index >= 15 is 0 Å². The molecule has 3 aromatic rings. The Labute approximate surface area is 204 Å². The number of methoxy groups -OCH3 is 1. The van der Waals surface area contributed by atoms with Crippen molar-refractivity contribution in [2.75, 3.05) is 25.0 Å². The first-order valence-electron chi connectivity index (χ1n) is 11.3. The number of rotatable bonds is 9. The Morgan fingerprint density at radius 3 is 2.66 bits per heavy atom. The minimum atomic E-state index is -4.11. The van der Waals surface area contributed by atoms with E-state index in [0.29, 0.717) is 25.4 Å². The van der Waals surface area contributed by atoms with Crippen molar-refractivity contribution in [1.29, 1.82) is 0 Å². The van der Waals surface area contributed by atoms with Gasteiger partial charge in [-0.25, -0.2) is 12.8 Å². The molecule has 1 aliphatic heterocycles. The van der Waals surface area contributed by atoms with E-state index in [-0.39, 0.29) is 28.2 Å². The third-order valence-corrected chi connectivity index (χ3v) is 7.12. The summed E-state index contributed by atoms with van der Waals surface area (Å²) in [5, 5.41) is 0. The van der Waals surface area contributed by atoms with Crippen LogP contribution in [0.1, 0.15) is 28.8 Å². The van der Waals surface area contributed by atoms with Gasteiger partial charge in [0.2, 0.25) is 0 Å². The predicted octanol–water partition coefficient (Wildman–Crippen LogP) is 4.46. The van der Waals surface area contributed by atoms with Crippen molar-refractivity contribution in [3.63, 3.8) is 0 Å². The van der Waals surface area contributed by atoms with Crippen molar-refractivity contribution in [2.45, 2.75) is 30.4 Å². The normalized spacial score (nSPS) is 15.5. The Balaban J connectivity index is 1.60. The minimum Gasteiger partial charge on any atom is -0.497 e. The fraction of sp³-hybridized carbons (Fsp3) is 0.269. The van der Waals surface area contributed by atoms with Gasteiger partial charge in [-0.1, -0.05) is 30.3 Å². The lowest BCUT2D eigenvalue weighted by Crippen LogP contribution is -2.37. The summed E-state index contributed by atoms with van der Waals surface area (Å²) < 4.78 is 53.1. The van der Waals surface area contributed by atoms with E-state index in [1.54, 1.807) is 18.1 Å². The zero-order chi connectivity index (χ0) is 24.8. The zero-order valence-corrected chi connectivity index (χ0v) is 20.1. The smallest absolute Gasteiger partial charge is 0.262 e. The van der Waals surface area contributed by atoms with E-state index in [0.717, 1.165) is 18.4 Å². The lowest BCUT2D eigenvalue weighted by molar-refractivity contribution is 0.0507. The van der Waals surface area contributed by atoms with Gasteiger partial charge in [0.25, 0.3) is 15.9 Å². The molecule has 1 saturated heterocycles. The van der Waals surface area contributed by atoms with Gasteiger partial charge in [0, 0.05) is 25.3 Å². The summed E-state index contributed by atoms with van der Waals surface area (Å²) in [6, 6.07) is 18.7. The third kappa shape index (κ3) is 6.17. The van der Waals surface area contributed by atoms with Gasteiger partial charge in [-0.05, 0) is 60.9 Å². The molecule has 1 amide bonds. The summed E-state index contributed by atoms with van der Waals surface area (Å²) in [5.41, 5.74) is 0.922. The number of hydrogen-bond donors (Lipinski definition) is 1. The molecule has 1 fully saturated rings. The van der Waals surface area contributed by atoms with Crippen LogP contribution in [-0.4, -0.2) is 45.6 Å². The SMILES string of the molecule is COc1cccc(CN(CC2CCCO2)C(=O)c2cccc(S(=O)(=O)Nc3ccccc3F)c2)c1. The van der Waals surface area contributed by atoms with Crippen molar-refractivity contribution < 1.29 is 27.1 Å². The highest BCUT2D eigenvalue weighted by Crippen LogP contribution is 2.23. The largest absolute Gasteiger partial charge is 0.497 e. The van der Waals surface area contributed by atoms with Gasteiger partial charge in [0.15, 0.2) is 0 Å². The fourth-order valence-corrected chi connectivity index (χ4v) is 5.08. The Morgan fingerprint density at radius 2 is 1.91 bits per heavy atom. The quantitative estimate of drug-likeness (QED) is 0.471. The molecule has 1 unspecified atom stereocenters. The number of hydrogen-bond acceptors (Lipinski definition) is 5. The van der Waals surface area contributed by atoms with Gasteiger partial charge in [-0.2, -0.15) is 0 Å². The molecule has 9 heteroatoms. The maximum atomic E-state index is 14.0. The summed E-state index contributed by atoms with van der Waals surface area (Å²) in [4.78, 5) is 15.1. The van der Waals surface area contributed by atoms with Crippen LogP contribution in [0.2, 0.25) is 0 Å². The number of para-hydroxylation sites is 1. The van der Waals surface area contributed by atoms with Crippen molar-refractivity contribution in [3.8, 4) is 5.75 Å². The van der Waals surface area contributed by atoms with Gasteiger partial charge < -0.3 is 14.4 Å². The average molecular weight is 499 g/mol. The number of anilines is 1. The second kappa shape index (κ2) is 10.9. The number of nitrogens with zero attached hydrogens (tertiary/aromatic N) is 1. The van der Waals surface area contributed by atoms with E-state index in [1.165, 1.54) is 42.5 Å². The van der Waals surface area contributed by atoms with Crippen LogP contribution in [0.3, 0.4) is 0 Å². The minimum absolute atomic E-state index is 0.0841. The Morgan fingerprint density at radius 1 is 1.11 bits per heavy atom. The highest BCUT2D eigenvalue weighted by atomic mass is 32.2. The maximum Gasteiger partial charge on any atom is 0.262 e. The average Bonchev–Trinajstić information content (AvgIpc) is 3.38. The molecule has 0 aromatic heterocycles. The molecule has 35 heavy (non-hydrogen) atoms. The Bertz CT molecular complexity index is 1290. The molecule has 1 N–H and O–H groups in total. The molecule has 1 atom stereocenters. The summed E-state index contributed by atoms with van der Waals surface area (Å²) in [7, 11) is -2.53. The van der Waals surface area contributed by atoms with Gasteiger partial charge in [0.1, 0.15) is 11.6 Å². The van der Waals surface area contributed by atoms with Crippen LogP contribution in [0.4, 0.5) is 10.1 Å². The van der Waals surface area contributed by atoms with Crippen LogP contribution in [0.5, 0.6) is 5.75 Å². The monoisotopic (exact) mass is 498 g/mol. The number of carbonyl (C=O) groups is 1. The number of carbonyl (C=O) groups excluding carboxylic acids is 1. The van der Waals surface area contributed by atoms with Crippen LogP contribution in [0.15, 0.2) is 77.7 Å². The number of benzene rings is 3. The molecule has 0 radical (unpaired) electrons. The number of halogens is 1. The molecule has 4 rings (SSSR count). The van der Waals surface area contributed by atoms with Gasteiger partial charge >= 0.3 is 0 Å². The molecule has 1 heterocycles. The summed E-state index contributed by atoms with van der Waals surface area (Å²) in [5.74, 6) is -0.338. The standard InChI is InChI=1S/C26H27FN2O5S/c1-33-21-9-4-7-19(15-21)17-29(18-22-10-6-14-34-22)26(30)20-8-5-11-23(16-20)35(31,32)28-25-13-3-2-12-24(25)27/h2-5,7-9,11-13,15-16,22,28H,6,10,14,17-18H2,1H3. The van der Waals surface area contributed by atoms with Crippen LogP contribution < -0.4 is 9.46 Å². The topological polar surface area (TPSA) is 84.9 Å². The van der Waals surface area contributed by atoms with E-state index < -0.39 is 15.8 Å². The molecule has 0 spiro atoms. The summed E-state index contributed by atoms with van der Waals surface area (Å²) >= 11 is 0. The summed E-state index contributed by atoms with van der Waals surface area (Å²) in [6.07, 6.45) is 1.70. The van der Waals surface area contributed by atoms with E-state index in [4.69, 9.17) is 9.47 Å². The third-order valence-electron chi connectivity index (χ3n) is 5.75. The molecule has 7 nitrogen and oxygen atoms in total. The van der Waals surface area contributed by atoms with Crippen molar-refractivity contribution in [1.82, 2.24) is 4.90 Å². The first-order valence-corrected chi connectivity index (χ1v) is 12.8. The Hall–Kier alpha value is -3.43. The van der Waals surface area contributed by atoms with Gasteiger partial charge in [-0.15, -0.1) is 0 Å². The lowest BCUT2D eigenvalue weighted by Gasteiger charge is -2.26. The zero-order valence-electron chi connectivity index (χ0n) is 19.3. The van der Waals surface area contributed by atoms with Crippen LogP contribution in [-0.2, 0) is 21.3 Å². The van der Waals surface area contributed by atoms with Crippen LogP contribution in [0.25, 0.3) is 0 Å². The maximum absolute atomic E-state index is 14.0. The van der Waals surface area contributed by atoms with Crippen LogP contribution >= 0.6 is 0 Å². The summed E-state index contributed by atoms with van der Waals surface area (Å²) in [6.45, 7) is 1.34. The fourth-order valence-electron chi connectivity index (χ4n) is 3.97. The van der Waals surface area contributed by atoms with Crippen molar-refractivity contribution in [3.05, 3.63) is 89.7 Å². The molecule has 0 aliphatic carbocycles. The molecule has 3 aromatic carbocycles. The highest BCUT2D eigenvalue weighted by Gasteiger charge is 2.25. The lowest BCUT2D eigenvalue weighted by atomic mass is 10.1.